The van der Waals surface area contributed by atoms with Gasteiger partial charge in [0.25, 0.3) is 0 Å². The summed E-state index contributed by atoms with van der Waals surface area (Å²) < 4.78 is 10.6. The zero-order chi connectivity index (χ0) is 14.3. The normalized spacial score (nSPS) is 27.3. The molecule has 0 spiro atoms. The van der Waals surface area contributed by atoms with E-state index in [9.17, 15) is 4.79 Å². The van der Waals surface area contributed by atoms with Gasteiger partial charge < -0.3 is 14.8 Å². The SMILES string of the molecule is COCCCNC(=O)O[C@H]1CC(C)CC[C@H]1C(C)C. The summed E-state index contributed by atoms with van der Waals surface area (Å²) in [5, 5.41) is 2.80. The van der Waals surface area contributed by atoms with Crippen LogP contribution in [0.3, 0.4) is 0 Å². The van der Waals surface area contributed by atoms with Crippen LogP contribution >= 0.6 is 0 Å². The summed E-state index contributed by atoms with van der Waals surface area (Å²) >= 11 is 0. The fraction of sp³-hybridized carbons (Fsp3) is 0.933. The first kappa shape index (κ1) is 16.3. The predicted molar refractivity (Wildman–Crippen MR) is 76.1 cm³/mol. The Kier molecular flexibility index (Phi) is 7.21. The maximum absolute atomic E-state index is 11.8. The molecular formula is C15H29NO3. The molecule has 112 valence electrons. The van der Waals surface area contributed by atoms with Crippen LogP contribution in [-0.4, -0.2) is 32.5 Å². The number of hydrogen-bond donors (Lipinski definition) is 1. The van der Waals surface area contributed by atoms with E-state index in [1.165, 1.54) is 12.8 Å². The number of nitrogens with one attached hydrogen (secondary N) is 1. The Bertz CT molecular complexity index is 268. The molecule has 0 aliphatic heterocycles. The lowest BCUT2D eigenvalue weighted by atomic mass is 9.75. The smallest absolute Gasteiger partial charge is 0.407 e. The van der Waals surface area contributed by atoms with Gasteiger partial charge in [0.2, 0.25) is 0 Å². The number of methoxy groups -OCH3 is 1. The second-order valence-corrected chi connectivity index (χ2v) is 6.04. The van der Waals surface area contributed by atoms with Crippen LogP contribution in [0.5, 0.6) is 0 Å². The van der Waals surface area contributed by atoms with Crippen molar-refractivity contribution < 1.29 is 14.3 Å². The highest BCUT2D eigenvalue weighted by molar-refractivity contribution is 5.67. The monoisotopic (exact) mass is 271 g/mol. The van der Waals surface area contributed by atoms with E-state index in [0.717, 1.165) is 12.8 Å². The molecule has 1 amide bonds. The molecular weight excluding hydrogens is 242 g/mol. The number of ether oxygens (including phenoxy) is 2. The minimum atomic E-state index is -0.277. The van der Waals surface area contributed by atoms with Crippen LogP contribution < -0.4 is 5.32 Å². The van der Waals surface area contributed by atoms with Gasteiger partial charge in [-0.15, -0.1) is 0 Å². The molecule has 0 radical (unpaired) electrons. The van der Waals surface area contributed by atoms with Gasteiger partial charge >= 0.3 is 6.09 Å². The largest absolute Gasteiger partial charge is 0.446 e. The van der Waals surface area contributed by atoms with Gasteiger partial charge in [-0.05, 0) is 37.0 Å². The first-order valence-corrected chi connectivity index (χ1v) is 7.48. The molecule has 1 unspecified atom stereocenters. The van der Waals surface area contributed by atoms with Gasteiger partial charge in [0.1, 0.15) is 6.10 Å². The first-order valence-electron chi connectivity index (χ1n) is 7.48. The molecule has 0 aromatic carbocycles. The first-order chi connectivity index (χ1) is 9.04. The van der Waals surface area contributed by atoms with Crippen LogP contribution in [-0.2, 0) is 9.47 Å². The number of amides is 1. The van der Waals surface area contributed by atoms with Crippen molar-refractivity contribution in [2.75, 3.05) is 20.3 Å². The minimum Gasteiger partial charge on any atom is -0.446 e. The second kappa shape index (κ2) is 8.41. The Morgan fingerprint density at radius 2 is 2.11 bits per heavy atom. The maximum Gasteiger partial charge on any atom is 0.407 e. The molecule has 0 bridgehead atoms. The molecule has 1 N–H and O–H groups in total. The lowest BCUT2D eigenvalue weighted by Crippen LogP contribution is -2.39. The molecule has 3 atom stereocenters. The summed E-state index contributed by atoms with van der Waals surface area (Å²) in [5.41, 5.74) is 0. The summed E-state index contributed by atoms with van der Waals surface area (Å²) in [5.74, 6) is 1.72. The molecule has 1 aliphatic rings. The molecule has 4 nitrogen and oxygen atoms in total. The van der Waals surface area contributed by atoms with Crippen LogP contribution in [0.25, 0.3) is 0 Å². The molecule has 1 fully saturated rings. The van der Waals surface area contributed by atoms with Crippen LogP contribution in [0.2, 0.25) is 0 Å². The fourth-order valence-corrected chi connectivity index (χ4v) is 2.84. The number of carbonyl (C=O) groups is 1. The molecule has 0 aromatic rings. The highest BCUT2D eigenvalue weighted by Gasteiger charge is 2.33. The van der Waals surface area contributed by atoms with Crippen LogP contribution in [0.1, 0.15) is 46.5 Å². The van der Waals surface area contributed by atoms with Gasteiger partial charge in [0.15, 0.2) is 0 Å². The van der Waals surface area contributed by atoms with Crippen molar-refractivity contribution in [3.63, 3.8) is 0 Å². The van der Waals surface area contributed by atoms with Gasteiger partial charge in [-0.2, -0.15) is 0 Å². The van der Waals surface area contributed by atoms with Crippen LogP contribution in [0.4, 0.5) is 4.79 Å². The third-order valence-electron chi connectivity index (χ3n) is 4.01. The van der Waals surface area contributed by atoms with Crippen molar-refractivity contribution in [3.8, 4) is 0 Å². The highest BCUT2D eigenvalue weighted by atomic mass is 16.6. The average Bonchev–Trinajstić information content (AvgIpc) is 2.34. The molecule has 4 heteroatoms. The van der Waals surface area contributed by atoms with Crippen LogP contribution in [0, 0.1) is 17.8 Å². The van der Waals surface area contributed by atoms with Crippen molar-refractivity contribution >= 4 is 6.09 Å². The van der Waals surface area contributed by atoms with Gasteiger partial charge in [0.05, 0.1) is 0 Å². The van der Waals surface area contributed by atoms with Gasteiger partial charge in [-0.3, -0.25) is 0 Å². The van der Waals surface area contributed by atoms with Gasteiger partial charge in [0, 0.05) is 20.3 Å². The lowest BCUT2D eigenvalue weighted by molar-refractivity contribution is 0.00609. The number of alkyl carbamates (subject to hydrolysis) is 1. The number of carbonyl (C=O) groups excluding carboxylic acids is 1. The zero-order valence-corrected chi connectivity index (χ0v) is 12.8. The zero-order valence-electron chi connectivity index (χ0n) is 12.8. The van der Waals surface area contributed by atoms with E-state index in [-0.39, 0.29) is 12.2 Å². The van der Waals surface area contributed by atoms with Crippen molar-refractivity contribution in [1.82, 2.24) is 5.32 Å². The van der Waals surface area contributed by atoms with Crippen molar-refractivity contribution in [2.24, 2.45) is 17.8 Å². The minimum absolute atomic E-state index is 0.0752. The number of rotatable bonds is 6. The summed E-state index contributed by atoms with van der Waals surface area (Å²) in [6, 6.07) is 0. The van der Waals surface area contributed by atoms with E-state index in [1.807, 2.05) is 0 Å². The molecule has 1 aliphatic carbocycles. The average molecular weight is 271 g/mol. The molecule has 0 heterocycles. The second-order valence-electron chi connectivity index (χ2n) is 6.04. The van der Waals surface area contributed by atoms with E-state index in [1.54, 1.807) is 7.11 Å². The number of hydrogen-bond acceptors (Lipinski definition) is 3. The molecule has 1 rings (SSSR count). The van der Waals surface area contributed by atoms with E-state index in [0.29, 0.717) is 30.9 Å². The van der Waals surface area contributed by atoms with E-state index < -0.39 is 0 Å². The topological polar surface area (TPSA) is 47.6 Å². The standard InChI is InChI=1S/C15H29NO3/c1-11(2)13-7-6-12(3)10-14(13)19-15(17)16-8-5-9-18-4/h11-14H,5-10H2,1-4H3,(H,16,17)/t12?,13-,14-/m0/s1. The Labute approximate surface area is 117 Å². The summed E-state index contributed by atoms with van der Waals surface area (Å²) in [7, 11) is 1.66. The highest BCUT2D eigenvalue weighted by Crippen LogP contribution is 2.35. The predicted octanol–water partition coefficient (Wildman–Crippen LogP) is 3.21. The Hall–Kier alpha value is -0.770. The van der Waals surface area contributed by atoms with Crippen LogP contribution in [0.15, 0.2) is 0 Å². The quantitative estimate of drug-likeness (QED) is 0.755. The molecule has 19 heavy (non-hydrogen) atoms. The van der Waals surface area contributed by atoms with Crippen molar-refractivity contribution in [2.45, 2.75) is 52.6 Å². The van der Waals surface area contributed by atoms with Crippen molar-refractivity contribution in [3.05, 3.63) is 0 Å². The summed E-state index contributed by atoms with van der Waals surface area (Å²) in [6.45, 7) is 7.95. The Morgan fingerprint density at radius 1 is 1.37 bits per heavy atom. The Morgan fingerprint density at radius 3 is 2.74 bits per heavy atom. The lowest BCUT2D eigenvalue weighted by Gasteiger charge is -2.36. The van der Waals surface area contributed by atoms with E-state index in [2.05, 4.69) is 26.1 Å². The molecule has 0 aromatic heterocycles. The van der Waals surface area contributed by atoms with Gasteiger partial charge in [-0.1, -0.05) is 27.2 Å². The fourth-order valence-electron chi connectivity index (χ4n) is 2.84. The summed E-state index contributed by atoms with van der Waals surface area (Å²) in [6.07, 6.45) is 4.03. The third kappa shape index (κ3) is 5.81. The van der Waals surface area contributed by atoms with E-state index >= 15 is 0 Å². The maximum atomic E-state index is 11.8. The van der Waals surface area contributed by atoms with E-state index in [4.69, 9.17) is 9.47 Å². The van der Waals surface area contributed by atoms with Gasteiger partial charge in [-0.25, -0.2) is 4.79 Å². The summed E-state index contributed by atoms with van der Waals surface area (Å²) in [4.78, 5) is 11.8. The molecule has 1 saturated carbocycles. The molecule has 0 saturated heterocycles. The Balaban J connectivity index is 2.36. The third-order valence-corrected chi connectivity index (χ3v) is 4.01. The van der Waals surface area contributed by atoms with Crippen molar-refractivity contribution in [1.29, 1.82) is 0 Å².